The minimum absolute atomic E-state index is 0.00870. The molecule has 0 amide bonds. The Labute approximate surface area is 154 Å². The summed E-state index contributed by atoms with van der Waals surface area (Å²) >= 11 is 0. The van der Waals surface area contributed by atoms with Crippen molar-refractivity contribution in [3.63, 3.8) is 0 Å². The Morgan fingerprint density at radius 1 is 1.12 bits per heavy atom. The standard InChI is InChI=1S/C22H37NO2/c1-17(2)22(12-14-24-21(5,6)16-22)11-13-23-15-19-7-9-20(10-8-19)25-18(3)4/h7-10,17-18,23H,11-16H2,1-6H3/t22-/m1/s1. The Morgan fingerprint density at radius 3 is 2.36 bits per heavy atom. The van der Waals surface area contributed by atoms with Crippen molar-refractivity contribution in [1.29, 1.82) is 0 Å². The lowest BCUT2D eigenvalue weighted by Gasteiger charge is -2.48. The van der Waals surface area contributed by atoms with E-state index < -0.39 is 0 Å². The second kappa shape index (κ2) is 8.55. The summed E-state index contributed by atoms with van der Waals surface area (Å²) in [6.07, 6.45) is 3.77. The molecule has 0 aromatic heterocycles. The van der Waals surface area contributed by atoms with Crippen molar-refractivity contribution in [2.75, 3.05) is 13.2 Å². The highest BCUT2D eigenvalue weighted by Crippen LogP contribution is 2.46. The molecule has 0 aliphatic carbocycles. The summed E-state index contributed by atoms with van der Waals surface area (Å²) in [5.41, 5.74) is 1.71. The van der Waals surface area contributed by atoms with Crippen molar-refractivity contribution in [3.05, 3.63) is 29.8 Å². The van der Waals surface area contributed by atoms with Crippen molar-refractivity contribution in [3.8, 4) is 5.75 Å². The van der Waals surface area contributed by atoms with Gasteiger partial charge in [-0.05, 0) is 82.5 Å². The van der Waals surface area contributed by atoms with Crippen LogP contribution in [0.25, 0.3) is 0 Å². The van der Waals surface area contributed by atoms with Gasteiger partial charge in [0.2, 0.25) is 0 Å². The van der Waals surface area contributed by atoms with Crippen LogP contribution in [0, 0.1) is 11.3 Å². The van der Waals surface area contributed by atoms with Crippen molar-refractivity contribution < 1.29 is 9.47 Å². The number of hydrogen-bond acceptors (Lipinski definition) is 3. The van der Waals surface area contributed by atoms with E-state index >= 15 is 0 Å². The van der Waals surface area contributed by atoms with Crippen LogP contribution in [0.15, 0.2) is 24.3 Å². The van der Waals surface area contributed by atoms with Crippen molar-refractivity contribution in [2.24, 2.45) is 11.3 Å². The molecule has 0 unspecified atom stereocenters. The number of ether oxygens (including phenoxy) is 2. The lowest BCUT2D eigenvalue weighted by Crippen LogP contribution is -2.45. The molecule has 1 aliphatic heterocycles. The summed E-state index contributed by atoms with van der Waals surface area (Å²) < 4.78 is 11.7. The van der Waals surface area contributed by atoms with Gasteiger partial charge in [0, 0.05) is 13.2 Å². The number of nitrogens with one attached hydrogen (secondary N) is 1. The predicted octanol–water partition coefficient (Wildman–Crippen LogP) is 5.18. The van der Waals surface area contributed by atoms with Crippen molar-refractivity contribution >= 4 is 0 Å². The van der Waals surface area contributed by atoms with Gasteiger partial charge in [-0.15, -0.1) is 0 Å². The SMILES string of the molecule is CC(C)Oc1ccc(CNCC[C@@]2(C(C)C)CCOC(C)(C)C2)cc1. The van der Waals surface area contributed by atoms with E-state index in [2.05, 4.69) is 71.1 Å². The van der Waals surface area contributed by atoms with E-state index in [1.54, 1.807) is 0 Å². The first-order chi connectivity index (χ1) is 11.7. The first kappa shape index (κ1) is 20.3. The third-order valence-electron chi connectivity index (χ3n) is 5.52. The topological polar surface area (TPSA) is 30.5 Å². The van der Waals surface area contributed by atoms with Crippen LogP contribution in [-0.4, -0.2) is 24.9 Å². The molecule has 1 heterocycles. The Morgan fingerprint density at radius 2 is 1.80 bits per heavy atom. The zero-order valence-electron chi connectivity index (χ0n) is 17.0. The fourth-order valence-corrected chi connectivity index (χ4v) is 4.04. The lowest BCUT2D eigenvalue weighted by atomic mass is 9.65. The first-order valence-electron chi connectivity index (χ1n) is 9.83. The summed E-state index contributed by atoms with van der Waals surface area (Å²) in [6.45, 7) is 16.2. The second-order valence-corrected chi connectivity index (χ2v) is 8.79. The van der Waals surface area contributed by atoms with Crippen LogP contribution in [-0.2, 0) is 11.3 Å². The molecule has 3 heteroatoms. The van der Waals surface area contributed by atoms with Crippen LogP contribution in [0.4, 0.5) is 0 Å². The molecule has 1 aromatic rings. The van der Waals surface area contributed by atoms with Crippen LogP contribution < -0.4 is 10.1 Å². The van der Waals surface area contributed by atoms with E-state index in [-0.39, 0.29) is 11.7 Å². The van der Waals surface area contributed by atoms with Crippen LogP contribution >= 0.6 is 0 Å². The monoisotopic (exact) mass is 347 g/mol. The maximum absolute atomic E-state index is 5.95. The minimum Gasteiger partial charge on any atom is -0.491 e. The molecule has 1 fully saturated rings. The highest BCUT2D eigenvalue weighted by Gasteiger charge is 2.42. The lowest BCUT2D eigenvalue weighted by molar-refractivity contribution is -0.121. The van der Waals surface area contributed by atoms with Gasteiger partial charge in [-0.25, -0.2) is 0 Å². The van der Waals surface area contributed by atoms with E-state index in [1.165, 1.54) is 18.4 Å². The van der Waals surface area contributed by atoms with Gasteiger partial charge in [-0.1, -0.05) is 26.0 Å². The van der Waals surface area contributed by atoms with Gasteiger partial charge < -0.3 is 14.8 Å². The van der Waals surface area contributed by atoms with Crippen molar-refractivity contribution in [1.82, 2.24) is 5.32 Å². The second-order valence-electron chi connectivity index (χ2n) is 8.79. The van der Waals surface area contributed by atoms with E-state index in [9.17, 15) is 0 Å². The maximum atomic E-state index is 5.95. The molecule has 1 aliphatic rings. The fourth-order valence-electron chi connectivity index (χ4n) is 4.04. The average molecular weight is 348 g/mol. The smallest absolute Gasteiger partial charge is 0.119 e. The molecular formula is C22H37NO2. The number of rotatable bonds is 8. The molecule has 1 atom stereocenters. The Balaban J connectivity index is 1.82. The molecule has 0 saturated carbocycles. The number of benzene rings is 1. The highest BCUT2D eigenvalue weighted by molar-refractivity contribution is 5.27. The Bertz CT molecular complexity index is 521. The normalized spacial score (nSPS) is 23.2. The van der Waals surface area contributed by atoms with Crippen LogP contribution in [0.2, 0.25) is 0 Å². The molecule has 1 N–H and O–H groups in total. The molecule has 0 radical (unpaired) electrons. The first-order valence-corrected chi connectivity index (χ1v) is 9.83. The fraction of sp³-hybridized carbons (Fsp3) is 0.727. The largest absolute Gasteiger partial charge is 0.491 e. The number of hydrogen-bond donors (Lipinski definition) is 1. The van der Waals surface area contributed by atoms with Crippen LogP contribution in [0.3, 0.4) is 0 Å². The molecule has 2 rings (SSSR count). The average Bonchev–Trinajstić information content (AvgIpc) is 2.51. The summed E-state index contributed by atoms with van der Waals surface area (Å²) in [6, 6.07) is 8.43. The van der Waals surface area contributed by atoms with Crippen molar-refractivity contribution in [2.45, 2.75) is 79.1 Å². The Kier molecular flexibility index (Phi) is 6.93. The highest BCUT2D eigenvalue weighted by atomic mass is 16.5. The predicted molar refractivity (Wildman–Crippen MR) is 105 cm³/mol. The van der Waals surface area contributed by atoms with Gasteiger partial charge in [0.15, 0.2) is 0 Å². The summed E-state index contributed by atoms with van der Waals surface area (Å²) in [5, 5.41) is 3.63. The maximum Gasteiger partial charge on any atom is 0.119 e. The van der Waals surface area contributed by atoms with E-state index in [0.717, 1.165) is 31.9 Å². The quantitative estimate of drug-likeness (QED) is 0.657. The van der Waals surface area contributed by atoms with Gasteiger partial charge in [0.1, 0.15) is 5.75 Å². The van der Waals surface area contributed by atoms with E-state index in [4.69, 9.17) is 9.47 Å². The van der Waals surface area contributed by atoms with E-state index in [0.29, 0.717) is 11.3 Å². The van der Waals surface area contributed by atoms with Gasteiger partial charge in [-0.3, -0.25) is 0 Å². The molecule has 3 nitrogen and oxygen atoms in total. The summed E-state index contributed by atoms with van der Waals surface area (Å²) in [7, 11) is 0. The van der Waals surface area contributed by atoms with Gasteiger partial charge in [0.05, 0.1) is 11.7 Å². The summed E-state index contributed by atoms with van der Waals surface area (Å²) in [4.78, 5) is 0. The van der Waals surface area contributed by atoms with Crippen LogP contribution in [0.1, 0.15) is 66.4 Å². The third-order valence-corrected chi connectivity index (χ3v) is 5.52. The molecule has 1 saturated heterocycles. The van der Waals surface area contributed by atoms with Gasteiger partial charge in [0.25, 0.3) is 0 Å². The molecule has 0 spiro atoms. The molecule has 142 valence electrons. The van der Waals surface area contributed by atoms with Gasteiger partial charge in [-0.2, -0.15) is 0 Å². The third kappa shape index (κ3) is 6.00. The molecule has 25 heavy (non-hydrogen) atoms. The van der Waals surface area contributed by atoms with Crippen LogP contribution in [0.5, 0.6) is 5.75 Å². The summed E-state index contributed by atoms with van der Waals surface area (Å²) in [5.74, 6) is 1.63. The zero-order chi connectivity index (χ0) is 18.5. The zero-order valence-corrected chi connectivity index (χ0v) is 17.0. The Hall–Kier alpha value is -1.06. The molecule has 0 bridgehead atoms. The van der Waals surface area contributed by atoms with E-state index in [1.807, 2.05) is 0 Å². The molecule has 1 aromatic carbocycles. The molecular weight excluding hydrogens is 310 g/mol. The minimum atomic E-state index is 0.00870. The van der Waals surface area contributed by atoms with Gasteiger partial charge >= 0.3 is 0 Å².